The Kier molecular flexibility index (Phi) is 5.69. The van der Waals surface area contributed by atoms with Crippen molar-refractivity contribution in [2.24, 2.45) is 0 Å². The molecule has 2 aromatic carbocycles. The monoisotopic (exact) mass is 382 g/mol. The first-order valence-electron chi connectivity index (χ1n) is 8.65. The third-order valence-corrected chi connectivity index (χ3v) is 4.16. The number of fused-ring (bicyclic) bond motifs is 1. The Morgan fingerprint density at radius 1 is 0.964 bits per heavy atom. The van der Waals surface area contributed by atoms with E-state index in [2.05, 4.69) is 5.32 Å². The van der Waals surface area contributed by atoms with Crippen LogP contribution in [-0.4, -0.2) is 46.8 Å². The summed E-state index contributed by atoms with van der Waals surface area (Å²) in [4.78, 5) is 48.2. The van der Waals surface area contributed by atoms with Crippen LogP contribution in [0, 0.1) is 0 Å². The van der Waals surface area contributed by atoms with E-state index in [0.717, 1.165) is 4.90 Å². The Bertz CT molecular complexity index is 888. The number of nitrogens with zero attached hydrogens (tertiary/aromatic N) is 1. The van der Waals surface area contributed by atoms with Gasteiger partial charge in [-0.25, -0.2) is 4.79 Å². The molecule has 0 bridgehead atoms. The molecule has 8 nitrogen and oxygen atoms in total. The van der Waals surface area contributed by atoms with Gasteiger partial charge in [0.15, 0.2) is 6.61 Å². The molecule has 1 aliphatic heterocycles. The number of nitrogens with one attached hydrogen (secondary N) is 1. The largest absolute Gasteiger partial charge is 0.482 e. The maximum atomic E-state index is 12.3. The van der Waals surface area contributed by atoms with Gasteiger partial charge in [-0.3, -0.25) is 19.3 Å². The van der Waals surface area contributed by atoms with Gasteiger partial charge in [-0.05, 0) is 42.8 Å². The highest BCUT2D eigenvalue weighted by molar-refractivity contribution is 6.21. The number of ether oxygens (including phenoxy) is 1. The zero-order valence-electron chi connectivity index (χ0n) is 14.9. The highest BCUT2D eigenvalue weighted by atomic mass is 16.5. The van der Waals surface area contributed by atoms with Crippen LogP contribution in [0.2, 0.25) is 0 Å². The van der Waals surface area contributed by atoms with Crippen LogP contribution in [-0.2, 0) is 9.59 Å². The number of hydrogen-bond acceptors (Lipinski definition) is 5. The Hall–Kier alpha value is -3.68. The second-order valence-corrected chi connectivity index (χ2v) is 6.17. The number of hydrogen-bond donors (Lipinski definition) is 2. The number of carboxylic acid groups (broad SMARTS) is 1. The van der Waals surface area contributed by atoms with Gasteiger partial charge in [0, 0.05) is 18.7 Å². The zero-order valence-corrected chi connectivity index (χ0v) is 14.9. The van der Waals surface area contributed by atoms with E-state index in [1.54, 1.807) is 48.5 Å². The molecule has 3 rings (SSSR count). The van der Waals surface area contributed by atoms with E-state index >= 15 is 0 Å². The first-order chi connectivity index (χ1) is 13.5. The number of aliphatic carboxylic acids is 1. The topological polar surface area (TPSA) is 113 Å². The first-order valence-corrected chi connectivity index (χ1v) is 8.65. The lowest BCUT2D eigenvalue weighted by molar-refractivity contribution is -0.139. The van der Waals surface area contributed by atoms with E-state index in [1.165, 1.54) is 0 Å². The van der Waals surface area contributed by atoms with Crippen LogP contribution in [0.15, 0.2) is 48.5 Å². The number of carbonyl (C=O) groups is 4. The van der Waals surface area contributed by atoms with Crippen molar-refractivity contribution in [3.8, 4) is 5.75 Å². The van der Waals surface area contributed by atoms with Crippen molar-refractivity contribution in [1.29, 1.82) is 0 Å². The number of imide groups is 1. The van der Waals surface area contributed by atoms with E-state index in [-0.39, 0.29) is 30.7 Å². The number of carbonyl (C=O) groups excluding carboxylic acids is 3. The standard InChI is InChI=1S/C20H18N2O6/c23-17(21-13-7-9-14(10-8-13)28-12-18(24)25)6-3-11-22-19(26)15-4-1-2-5-16(15)20(22)27/h1-2,4-5,7-10H,3,6,11-12H2,(H,21,23)(H,24,25). The molecular formula is C20H18N2O6. The molecule has 0 saturated heterocycles. The SMILES string of the molecule is O=C(O)COc1ccc(NC(=O)CCCN2C(=O)c3ccccc3C2=O)cc1. The number of benzene rings is 2. The van der Waals surface area contributed by atoms with E-state index < -0.39 is 12.6 Å². The molecule has 0 unspecified atom stereocenters. The van der Waals surface area contributed by atoms with Crippen molar-refractivity contribution >= 4 is 29.4 Å². The predicted molar refractivity (Wildman–Crippen MR) is 99.2 cm³/mol. The maximum Gasteiger partial charge on any atom is 0.341 e. The lowest BCUT2D eigenvalue weighted by Crippen LogP contribution is -2.31. The van der Waals surface area contributed by atoms with Crippen molar-refractivity contribution < 1.29 is 29.0 Å². The minimum absolute atomic E-state index is 0.144. The molecule has 3 amide bonds. The summed E-state index contributed by atoms with van der Waals surface area (Å²) in [6.07, 6.45) is 0.488. The number of carboxylic acids is 1. The molecule has 144 valence electrons. The Morgan fingerprint density at radius 2 is 1.57 bits per heavy atom. The van der Waals surface area contributed by atoms with E-state index in [0.29, 0.717) is 29.0 Å². The van der Waals surface area contributed by atoms with Crippen molar-refractivity contribution in [2.75, 3.05) is 18.5 Å². The lowest BCUT2D eigenvalue weighted by atomic mass is 10.1. The van der Waals surface area contributed by atoms with E-state index in [9.17, 15) is 19.2 Å². The first kappa shape index (κ1) is 19.1. The molecule has 0 spiro atoms. The van der Waals surface area contributed by atoms with Gasteiger partial charge >= 0.3 is 5.97 Å². The van der Waals surface area contributed by atoms with E-state index in [1.807, 2.05) is 0 Å². The molecule has 0 saturated carbocycles. The normalized spacial score (nSPS) is 12.6. The molecule has 0 radical (unpaired) electrons. The second kappa shape index (κ2) is 8.34. The van der Waals surface area contributed by atoms with Gasteiger partial charge in [0.25, 0.3) is 11.8 Å². The molecule has 1 heterocycles. The fraction of sp³-hybridized carbons (Fsp3) is 0.200. The molecule has 0 aliphatic carbocycles. The van der Waals surface area contributed by atoms with Gasteiger partial charge in [0.05, 0.1) is 11.1 Å². The summed E-state index contributed by atoms with van der Waals surface area (Å²) in [7, 11) is 0. The third-order valence-electron chi connectivity index (χ3n) is 4.16. The molecular weight excluding hydrogens is 364 g/mol. The Balaban J connectivity index is 1.46. The van der Waals surface area contributed by atoms with Gasteiger partial charge in [0.2, 0.25) is 5.91 Å². The molecule has 0 atom stereocenters. The van der Waals surface area contributed by atoms with Crippen molar-refractivity contribution in [1.82, 2.24) is 4.90 Å². The van der Waals surface area contributed by atoms with Crippen LogP contribution in [0.3, 0.4) is 0 Å². The second-order valence-electron chi connectivity index (χ2n) is 6.17. The van der Waals surface area contributed by atoms with Crippen molar-refractivity contribution in [2.45, 2.75) is 12.8 Å². The van der Waals surface area contributed by atoms with Gasteiger partial charge in [-0.1, -0.05) is 12.1 Å². The lowest BCUT2D eigenvalue weighted by Gasteiger charge is -2.13. The molecule has 1 aliphatic rings. The smallest absolute Gasteiger partial charge is 0.341 e. The predicted octanol–water partition coefficient (Wildman–Crippen LogP) is 2.16. The van der Waals surface area contributed by atoms with Crippen molar-refractivity contribution in [3.63, 3.8) is 0 Å². The maximum absolute atomic E-state index is 12.3. The van der Waals surface area contributed by atoms with Crippen LogP contribution < -0.4 is 10.1 Å². The number of anilines is 1. The Morgan fingerprint density at radius 3 is 2.14 bits per heavy atom. The van der Waals surface area contributed by atoms with Gasteiger partial charge in [-0.2, -0.15) is 0 Å². The average molecular weight is 382 g/mol. The fourth-order valence-electron chi connectivity index (χ4n) is 2.84. The zero-order chi connectivity index (χ0) is 20.1. The number of rotatable bonds is 8. The van der Waals surface area contributed by atoms with Crippen LogP contribution in [0.25, 0.3) is 0 Å². The van der Waals surface area contributed by atoms with Crippen molar-refractivity contribution in [3.05, 3.63) is 59.7 Å². The number of amides is 3. The quantitative estimate of drug-likeness (QED) is 0.677. The van der Waals surface area contributed by atoms with Crippen LogP contribution in [0.4, 0.5) is 5.69 Å². The molecule has 28 heavy (non-hydrogen) atoms. The minimum atomic E-state index is -1.07. The average Bonchev–Trinajstić information content (AvgIpc) is 2.92. The third kappa shape index (κ3) is 4.35. The molecule has 0 aromatic heterocycles. The summed E-state index contributed by atoms with van der Waals surface area (Å²) in [5.41, 5.74) is 1.32. The summed E-state index contributed by atoms with van der Waals surface area (Å²) in [6.45, 7) is -0.273. The summed E-state index contributed by atoms with van der Waals surface area (Å²) < 4.78 is 5.01. The van der Waals surface area contributed by atoms with Gasteiger partial charge in [0.1, 0.15) is 5.75 Å². The fourth-order valence-corrected chi connectivity index (χ4v) is 2.84. The molecule has 2 aromatic rings. The van der Waals surface area contributed by atoms with Crippen LogP contribution >= 0.6 is 0 Å². The van der Waals surface area contributed by atoms with Gasteiger partial charge in [-0.15, -0.1) is 0 Å². The van der Waals surface area contributed by atoms with Crippen LogP contribution in [0.5, 0.6) is 5.75 Å². The highest BCUT2D eigenvalue weighted by Crippen LogP contribution is 2.22. The summed E-state index contributed by atoms with van der Waals surface area (Å²) in [5.74, 6) is -1.62. The molecule has 8 heteroatoms. The molecule has 2 N–H and O–H groups in total. The highest BCUT2D eigenvalue weighted by Gasteiger charge is 2.34. The summed E-state index contributed by atoms with van der Waals surface area (Å²) >= 11 is 0. The molecule has 0 fully saturated rings. The van der Waals surface area contributed by atoms with Crippen LogP contribution in [0.1, 0.15) is 33.6 Å². The Labute approximate surface area is 160 Å². The van der Waals surface area contributed by atoms with E-state index in [4.69, 9.17) is 9.84 Å². The summed E-state index contributed by atoms with van der Waals surface area (Å²) in [6, 6.07) is 12.9. The summed E-state index contributed by atoms with van der Waals surface area (Å²) in [5, 5.41) is 11.3. The van der Waals surface area contributed by atoms with Gasteiger partial charge < -0.3 is 15.2 Å². The minimum Gasteiger partial charge on any atom is -0.482 e.